The molecule has 8 heteroatoms. The van der Waals surface area contributed by atoms with Crippen molar-refractivity contribution in [1.29, 1.82) is 0 Å². The van der Waals surface area contributed by atoms with Crippen molar-refractivity contribution in [3.05, 3.63) is 41.4 Å². The molecule has 1 aromatic carbocycles. The average Bonchev–Trinajstić information content (AvgIpc) is 3.03. The number of aromatic nitrogens is 1. The van der Waals surface area contributed by atoms with E-state index in [1.54, 1.807) is 18.3 Å². The van der Waals surface area contributed by atoms with Crippen LogP contribution in [0.5, 0.6) is 0 Å². The third-order valence-electron chi connectivity index (χ3n) is 3.29. The third-order valence-corrected chi connectivity index (χ3v) is 3.54. The summed E-state index contributed by atoms with van der Waals surface area (Å²) in [5, 5.41) is 11.9. The van der Waals surface area contributed by atoms with Crippen LogP contribution < -0.4 is 5.32 Å². The fourth-order valence-corrected chi connectivity index (χ4v) is 2.09. The van der Waals surface area contributed by atoms with Gasteiger partial charge in [-0.25, -0.2) is 9.78 Å². The molecule has 0 spiro atoms. The molecule has 0 aliphatic carbocycles. The second-order valence-electron chi connectivity index (χ2n) is 4.99. The Labute approximate surface area is 143 Å². The minimum absolute atomic E-state index is 0.0910. The summed E-state index contributed by atoms with van der Waals surface area (Å²) in [6, 6.07) is 7.13. The number of nitrogens with one attached hydrogen (secondary N) is 1. The lowest BCUT2D eigenvalue weighted by atomic mass is 10.2. The Bertz CT molecular complexity index is 699. The molecule has 1 atom stereocenters. The van der Waals surface area contributed by atoms with Gasteiger partial charge in [-0.05, 0) is 24.3 Å². The molecule has 2 aromatic rings. The van der Waals surface area contributed by atoms with Crippen molar-refractivity contribution in [2.24, 2.45) is 0 Å². The van der Waals surface area contributed by atoms with Crippen LogP contribution in [0.4, 0.5) is 0 Å². The highest BCUT2D eigenvalue weighted by Gasteiger charge is 2.17. The lowest BCUT2D eigenvalue weighted by Crippen LogP contribution is -2.37. The van der Waals surface area contributed by atoms with E-state index in [0.717, 1.165) is 5.56 Å². The summed E-state index contributed by atoms with van der Waals surface area (Å²) in [6.07, 6.45) is 0.968. The Kier molecular flexibility index (Phi) is 6.34. The summed E-state index contributed by atoms with van der Waals surface area (Å²) in [5.74, 6) is -0.410. The number of carboxylic acids is 1. The molecule has 1 aromatic heterocycles. The lowest BCUT2D eigenvalue weighted by Gasteiger charge is -2.11. The van der Waals surface area contributed by atoms with E-state index >= 15 is 0 Å². The van der Waals surface area contributed by atoms with E-state index in [2.05, 4.69) is 10.3 Å². The summed E-state index contributed by atoms with van der Waals surface area (Å²) < 4.78 is 10.3. The normalized spacial score (nSPS) is 11.9. The fraction of sp³-hybridized carbons (Fsp3) is 0.312. The van der Waals surface area contributed by atoms with Crippen molar-refractivity contribution in [3.63, 3.8) is 0 Å². The summed E-state index contributed by atoms with van der Waals surface area (Å²) in [6.45, 7) is -0.0910. The number of carboxylic acid groups (broad SMARTS) is 1. The topological polar surface area (TPSA) is 102 Å². The van der Waals surface area contributed by atoms with Gasteiger partial charge in [-0.3, -0.25) is 4.79 Å². The maximum atomic E-state index is 11.7. The first-order valence-electron chi connectivity index (χ1n) is 7.22. The highest BCUT2D eigenvalue weighted by atomic mass is 35.5. The molecule has 2 rings (SSSR count). The average molecular weight is 353 g/mol. The number of benzene rings is 1. The Morgan fingerprint density at radius 1 is 1.38 bits per heavy atom. The van der Waals surface area contributed by atoms with Crippen LogP contribution in [0.2, 0.25) is 5.02 Å². The van der Waals surface area contributed by atoms with E-state index in [4.69, 9.17) is 25.9 Å². The Hall–Kier alpha value is -2.38. The molecular formula is C16H17ClN2O5. The van der Waals surface area contributed by atoms with Crippen LogP contribution in [0.25, 0.3) is 11.3 Å². The van der Waals surface area contributed by atoms with Crippen molar-refractivity contribution in [3.8, 4) is 11.3 Å². The van der Waals surface area contributed by atoms with E-state index in [1.165, 1.54) is 7.11 Å². The Morgan fingerprint density at radius 3 is 2.71 bits per heavy atom. The zero-order chi connectivity index (χ0) is 17.5. The molecule has 128 valence electrons. The van der Waals surface area contributed by atoms with Gasteiger partial charge in [0.25, 0.3) is 0 Å². The molecule has 0 saturated carbocycles. The summed E-state index contributed by atoms with van der Waals surface area (Å²) in [4.78, 5) is 26.6. The third kappa shape index (κ3) is 5.07. The number of ether oxygens (including phenoxy) is 1. The second kappa shape index (κ2) is 8.47. The van der Waals surface area contributed by atoms with Crippen molar-refractivity contribution in [1.82, 2.24) is 10.3 Å². The van der Waals surface area contributed by atoms with Gasteiger partial charge >= 0.3 is 5.97 Å². The molecule has 0 fully saturated rings. The highest BCUT2D eigenvalue weighted by molar-refractivity contribution is 6.30. The minimum Gasteiger partial charge on any atom is -0.479 e. The second-order valence-corrected chi connectivity index (χ2v) is 5.43. The molecule has 24 heavy (non-hydrogen) atoms. The van der Waals surface area contributed by atoms with Gasteiger partial charge in [0.05, 0.1) is 12.7 Å². The van der Waals surface area contributed by atoms with Gasteiger partial charge in [-0.15, -0.1) is 0 Å². The molecule has 2 N–H and O–H groups in total. The number of hydrogen-bond donors (Lipinski definition) is 2. The molecule has 1 amide bonds. The lowest BCUT2D eigenvalue weighted by molar-refractivity contribution is -0.148. The van der Waals surface area contributed by atoms with Gasteiger partial charge < -0.3 is 19.6 Å². The number of aryl methyl sites for hydroxylation is 1. The maximum absolute atomic E-state index is 11.7. The number of nitrogens with zero attached hydrogens (tertiary/aromatic N) is 1. The van der Waals surface area contributed by atoms with E-state index in [0.29, 0.717) is 23.1 Å². The van der Waals surface area contributed by atoms with E-state index in [9.17, 15) is 9.59 Å². The number of methoxy groups -OCH3 is 1. The number of oxazole rings is 1. The van der Waals surface area contributed by atoms with Crippen LogP contribution >= 0.6 is 11.6 Å². The number of carbonyl (C=O) groups is 2. The van der Waals surface area contributed by atoms with Crippen LogP contribution in [0.1, 0.15) is 12.3 Å². The first kappa shape index (κ1) is 18.0. The Morgan fingerprint density at radius 2 is 2.08 bits per heavy atom. The fourth-order valence-electron chi connectivity index (χ4n) is 1.96. The van der Waals surface area contributed by atoms with Gasteiger partial charge in [0.1, 0.15) is 0 Å². The quantitative estimate of drug-likeness (QED) is 0.754. The van der Waals surface area contributed by atoms with Crippen LogP contribution in [0.15, 0.2) is 34.9 Å². The minimum atomic E-state index is -1.13. The largest absolute Gasteiger partial charge is 0.479 e. The van der Waals surface area contributed by atoms with E-state index in [-0.39, 0.29) is 18.9 Å². The van der Waals surface area contributed by atoms with E-state index in [1.807, 2.05) is 12.1 Å². The van der Waals surface area contributed by atoms with Gasteiger partial charge in [-0.1, -0.05) is 11.6 Å². The summed E-state index contributed by atoms with van der Waals surface area (Å²) in [5.41, 5.74) is 0.840. The molecule has 0 aliphatic heterocycles. The van der Waals surface area contributed by atoms with Gasteiger partial charge in [0.2, 0.25) is 5.91 Å². The number of halogens is 1. The van der Waals surface area contributed by atoms with Crippen LogP contribution in [-0.2, 0) is 20.7 Å². The van der Waals surface area contributed by atoms with Crippen LogP contribution in [0, 0.1) is 0 Å². The molecule has 0 bridgehead atoms. The van der Waals surface area contributed by atoms with Crippen molar-refractivity contribution >= 4 is 23.5 Å². The molecule has 0 radical (unpaired) electrons. The van der Waals surface area contributed by atoms with Gasteiger partial charge in [0.15, 0.2) is 17.8 Å². The zero-order valence-corrected chi connectivity index (χ0v) is 13.7. The monoisotopic (exact) mass is 352 g/mol. The molecule has 0 aliphatic rings. The zero-order valence-electron chi connectivity index (χ0n) is 13.0. The summed E-state index contributed by atoms with van der Waals surface area (Å²) in [7, 11) is 1.27. The van der Waals surface area contributed by atoms with Gasteiger partial charge in [0, 0.05) is 30.5 Å². The van der Waals surface area contributed by atoms with Crippen molar-refractivity contribution in [2.45, 2.75) is 18.9 Å². The molecule has 7 nitrogen and oxygen atoms in total. The SMILES string of the molecule is COC(CNC(=O)CCc1ncc(-c2ccc(Cl)cc2)o1)C(=O)O. The smallest absolute Gasteiger partial charge is 0.334 e. The van der Waals surface area contributed by atoms with Crippen LogP contribution in [-0.4, -0.2) is 41.7 Å². The number of aliphatic carboxylic acids is 1. The van der Waals surface area contributed by atoms with Gasteiger partial charge in [-0.2, -0.15) is 0 Å². The Balaban J connectivity index is 1.83. The standard InChI is InChI=1S/C16H17ClN2O5/c1-23-13(16(21)22)9-18-14(20)6-7-15-19-8-12(24-15)10-2-4-11(17)5-3-10/h2-5,8,13H,6-7,9H2,1H3,(H,18,20)(H,21,22). The first-order chi connectivity index (χ1) is 11.5. The molecule has 1 unspecified atom stereocenters. The number of amides is 1. The van der Waals surface area contributed by atoms with E-state index < -0.39 is 12.1 Å². The number of hydrogen-bond acceptors (Lipinski definition) is 5. The van der Waals surface area contributed by atoms with Crippen LogP contribution in [0.3, 0.4) is 0 Å². The molecule has 1 heterocycles. The predicted octanol–water partition coefficient (Wildman–Crippen LogP) is 2.14. The van der Waals surface area contributed by atoms with Crippen molar-refractivity contribution in [2.75, 3.05) is 13.7 Å². The number of carbonyl (C=O) groups excluding carboxylic acids is 1. The number of rotatable bonds is 8. The maximum Gasteiger partial charge on any atom is 0.334 e. The predicted molar refractivity (Wildman–Crippen MR) is 86.7 cm³/mol. The molecule has 0 saturated heterocycles. The first-order valence-corrected chi connectivity index (χ1v) is 7.60. The highest BCUT2D eigenvalue weighted by Crippen LogP contribution is 2.22. The summed E-state index contributed by atoms with van der Waals surface area (Å²) >= 11 is 5.83. The molecular weight excluding hydrogens is 336 g/mol. The van der Waals surface area contributed by atoms with Crippen molar-refractivity contribution < 1.29 is 23.8 Å².